The van der Waals surface area contributed by atoms with Crippen LogP contribution in [0.25, 0.3) is 0 Å². The molecule has 0 bridgehead atoms. The molecule has 1 aromatic heterocycles. The van der Waals surface area contributed by atoms with Crippen LogP contribution < -0.4 is 11.3 Å². The number of nitrogens with one attached hydrogen (secondary N) is 1. The van der Waals surface area contributed by atoms with Gasteiger partial charge >= 0.3 is 0 Å². The Labute approximate surface area is 108 Å². The van der Waals surface area contributed by atoms with Crippen molar-refractivity contribution in [3.8, 4) is 0 Å². The van der Waals surface area contributed by atoms with Gasteiger partial charge in [0.15, 0.2) is 0 Å². The zero-order valence-corrected chi connectivity index (χ0v) is 11.1. The van der Waals surface area contributed by atoms with Crippen LogP contribution in [-0.4, -0.2) is 6.04 Å². The Morgan fingerprint density at radius 1 is 1.29 bits per heavy atom. The van der Waals surface area contributed by atoms with Crippen LogP contribution in [0.4, 0.5) is 0 Å². The van der Waals surface area contributed by atoms with Crippen molar-refractivity contribution in [2.75, 3.05) is 0 Å². The maximum absolute atomic E-state index is 5.72. The second-order valence-electron chi connectivity index (χ2n) is 4.73. The van der Waals surface area contributed by atoms with Crippen molar-refractivity contribution < 1.29 is 0 Å². The van der Waals surface area contributed by atoms with Gasteiger partial charge in [-0.2, -0.15) is 0 Å². The normalized spacial score (nSPS) is 22.3. The zero-order valence-electron chi connectivity index (χ0n) is 10.3. The first kappa shape index (κ1) is 12.8. The summed E-state index contributed by atoms with van der Waals surface area (Å²) < 4.78 is 0. The van der Waals surface area contributed by atoms with Crippen LogP contribution in [-0.2, 0) is 6.42 Å². The first-order valence-corrected chi connectivity index (χ1v) is 7.45. The summed E-state index contributed by atoms with van der Waals surface area (Å²) in [6.07, 6.45) is 11.3. The number of hydrazine groups is 1. The lowest BCUT2D eigenvalue weighted by Gasteiger charge is -2.21. The molecule has 1 unspecified atom stereocenters. The molecular formula is C14H22N2S. The number of hydrogen-bond donors (Lipinski definition) is 2. The Balaban J connectivity index is 2.00. The van der Waals surface area contributed by atoms with Crippen molar-refractivity contribution in [1.29, 1.82) is 0 Å². The molecule has 1 aromatic rings. The number of nitrogens with two attached hydrogens (primary N) is 1. The van der Waals surface area contributed by atoms with Crippen LogP contribution in [0.3, 0.4) is 0 Å². The Morgan fingerprint density at radius 3 is 2.94 bits per heavy atom. The standard InChI is InChI=1S/C14H22N2S/c15-16-14(11-13-9-6-10-17-13)12-7-4-2-1-3-5-8-12/h6-7,9-10,14,16H,1-5,8,11,15H2/b12-7+. The summed E-state index contributed by atoms with van der Waals surface area (Å²) in [5, 5.41) is 2.13. The molecule has 1 heterocycles. The number of hydrogen-bond acceptors (Lipinski definition) is 3. The third kappa shape index (κ3) is 3.95. The maximum Gasteiger partial charge on any atom is 0.0468 e. The van der Waals surface area contributed by atoms with Gasteiger partial charge in [-0.1, -0.05) is 30.6 Å². The third-order valence-electron chi connectivity index (χ3n) is 3.46. The molecule has 0 saturated heterocycles. The topological polar surface area (TPSA) is 38.0 Å². The first-order valence-electron chi connectivity index (χ1n) is 6.57. The summed E-state index contributed by atoms with van der Waals surface area (Å²) in [4.78, 5) is 1.41. The predicted octanol–water partition coefficient (Wildman–Crippen LogP) is 3.40. The molecule has 3 heteroatoms. The number of thiophene rings is 1. The molecule has 1 atom stereocenters. The Kier molecular flexibility index (Phi) is 5.23. The quantitative estimate of drug-likeness (QED) is 0.488. The van der Waals surface area contributed by atoms with E-state index in [-0.39, 0.29) is 0 Å². The van der Waals surface area contributed by atoms with Crippen LogP contribution in [0.5, 0.6) is 0 Å². The molecule has 1 aliphatic carbocycles. The van der Waals surface area contributed by atoms with Gasteiger partial charge in [0.2, 0.25) is 0 Å². The molecule has 17 heavy (non-hydrogen) atoms. The maximum atomic E-state index is 5.72. The molecule has 0 fully saturated rings. The van der Waals surface area contributed by atoms with E-state index in [1.54, 1.807) is 0 Å². The van der Waals surface area contributed by atoms with Gasteiger partial charge in [0, 0.05) is 17.3 Å². The molecule has 0 aliphatic heterocycles. The summed E-state index contributed by atoms with van der Waals surface area (Å²) in [6.45, 7) is 0. The van der Waals surface area contributed by atoms with Crippen LogP contribution in [0.15, 0.2) is 29.2 Å². The fourth-order valence-electron chi connectivity index (χ4n) is 2.46. The van der Waals surface area contributed by atoms with Gasteiger partial charge in [0.1, 0.15) is 0 Å². The van der Waals surface area contributed by atoms with E-state index in [1.165, 1.54) is 49.0 Å². The smallest absolute Gasteiger partial charge is 0.0468 e. The van der Waals surface area contributed by atoms with Gasteiger partial charge in [-0.15, -0.1) is 11.3 Å². The number of allylic oxidation sites excluding steroid dienone is 1. The summed E-state index contributed by atoms with van der Waals surface area (Å²) in [5.41, 5.74) is 4.51. The van der Waals surface area contributed by atoms with E-state index in [1.807, 2.05) is 11.3 Å². The molecule has 0 amide bonds. The molecule has 0 spiro atoms. The van der Waals surface area contributed by atoms with Crippen LogP contribution in [0.2, 0.25) is 0 Å². The minimum Gasteiger partial charge on any atom is -0.271 e. The highest BCUT2D eigenvalue weighted by atomic mass is 32.1. The number of rotatable bonds is 4. The van der Waals surface area contributed by atoms with Crippen molar-refractivity contribution in [3.05, 3.63) is 34.0 Å². The lowest BCUT2D eigenvalue weighted by molar-refractivity contribution is 0.539. The van der Waals surface area contributed by atoms with Crippen molar-refractivity contribution in [2.24, 2.45) is 5.84 Å². The molecule has 94 valence electrons. The molecule has 3 N–H and O–H groups in total. The van der Waals surface area contributed by atoms with Crippen molar-refractivity contribution in [2.45, 2.75) is 51.0 Å². The molecule has 0 radical (unpaired) electrons. The van der Waals surface area contributed by atoms with Crippen molar-refractivity contribution in [3.63, 3.8) is 0 Å². The second kappa shape index (κ2) is 6.94. The van der Waals surface area contributed by atoms with E-state index in [9.17, 15) is 0 Å². The van der Waals surface area contributed by atoms with Crippen LogP contribution in [0, 0.1) is 0 Å². The SMILES string of the molecule is NNC(Cc1cccs1)/C1=C/CCCCCC1. The fraction of sp³-hybridized carbons (Fsp3) is 0.571. The zero-order chi connectivity index (χ0) is 11.9. The monoisotopic (exact) mass is 250 g/mol. The molecule has 2 nitrogen and oxygen atoms in total. The molecular weight excluding hydrogens is 228 g/mol. The van der Waals surface area contributed by atoms with E-state index < -0.39 is 0 Å². The van der Waals surface area contributed by atoms with Gasteiger partial charge in [-0.3, -0.25) is 11.3 Å². The van der Waals surface area contributed by atoms with E-state index in [0.717, 1.165) is 6.42 Å². The second-order valence-corrected chi connectivity index (χ2v) is 5.77. The molecule has 1 aliphatic rings. The minimum atomic E-state index is 0.326. The Bertz CT molecular complexity index is 343. The third-order valence-corrected chi connectivity index (χ3v) is 4.36. The van der Waals surface area contributed by atoms with Crippen molar-refractivity contribution in [1.82, 2.24) is 5.43 Å². The molecule has 0 aromatic carbocycles. The van der Waals surface area contributed by atoms with Gasteiger partial charge in [0.05, 0.1) is 0 Å². The minimum absolute atomic E-state index is 0.326. The highest BCUT2D eigenvalue weighted by Crippen LogP contribution is 2.22. The average molecular weight is 250 g/mol. The lowest BCUT2D eigenvalue weighted by Crippen LogP contribution is -2.38. The van der Waals surface area contributed by atoms with E-state index >= 15 is 0 Å². The van der Waals surface area contributed by atoms with Gasteiger partial charge in [-0.05, 0) is 37.1 Å². The largest absolute Gasteiger partial charge is 0.271 e. The van der Waals surface area contributed by atoms with Gasteiger partial charge in [-0.25, -0.2) is 0 Å². The Hall–Kier alpha value is -0.640. The highest BCUT2D eigenvalue weighted by Gasteiger charge is 2.14. The van der Waals surface area contributed by atoms with Crippen LogP contribution >= 0.6 is 11.3 Å². The Morgan fingerprint density at radius 2 is 2.18 bits per heavy atom. The molecule has 0 saturated carbocycles. The highest BCUT2D eigenvalue weighted by molar-refractivity contribution is 7.09. The predicted molar refractivity (Wildman–Crippen MR) is 74.9 cm³/mol. The van der Waals surface area contributed by atoms with Crippen LogP contribution in [0.1, 0.15) is 43.4 Å². The summed E-state index contributed by atoms with van der Waals surface area (Å²) >= 11 is 1.82. The van der Waals surface area contributed by atoms with E-state index in [0.29, 0.717) is 6.04 Å². The van der Waals surface area contributed by atoms with Gasteiger partial charge < -0.3 is 0 Å². The van der Waals surface area contributed by atoms with Gasteiger partial charge in [0.25, 0.3) is 0 Å². The average Bonchev–Trinajstić information content (AvgIpc) is 2.79. The summed E-state index contributed by atoms with van der Waals surface area (Å²) in [7, 11) is 0. The summed E-state index contributed by atoms with van der Waals surface area (Å²) in [6, 6.07) is 4.63. The van der Waals surface area contributed by atoms with E-state index in [2.05, 4.69) is 29.0 Å². The lowest BCUT2D eigenvalue weighted by atomic mass is 9.93. The fourth-order valence-corrected chi connectivity index (χ4v) is 3.21. The summed E-state index contributed by atoms with van der Waals surface area (Å²) in [5.74, 6) is 5.72. The first-order chi connectivity index (χ1) is 8.40. The van der Waals surface area contributed by atoms with E-state index in [4.69, 9.17) is 5.84 Å². The van der Waals surface area contributed by atoms with Crippen molar-refractivity contribution >= 4 is 11.3 Å². The molecule has 2 rings (SSSR count).